The molecule has 1 atom stereocenters. The van der Waals surface area contributed by atoms with Gasteiger partial charge in [0.1, 0.15) is 0 Å². The Morgan fingerprint density at radius 1 is 1.26 bits per heavy atom. The molecule has 1 fully saturated rings. The van der Waals surface area contributed by atoms with Crippen LogP contribution in [0.25, 0.3) is 0 Å². The smallest absolute Gasteiger partial charge is 0.222 e. The normalized spacial score (nSPS) is 18.6. The van der Waals surface area contributed by atoms with Crippen molar-refractivity contribution in [3.05, 3.63) is 35.9 Å². The summed E-state index contributed by atoms with van der Waals surface area (Å²) in [5.41, 5.74) is 1.21. The number of hydrogen-bond acceptors (Lipinski definition) is 3. The molecule has 1 aromatic rings. The van der Waals surface area contributed by atoms with Crippen LogP contribution in [0.1, 0.15) is 31.7 Å². The zero-order valence-corrected chi connectivity index (χ0v) is 14.5. The number of nitrogens with one attached hydrogen (secondary N) is 1. The number of nitrogens with zero attached hydrogens (tertiary/aromatic N) is 1. The number of sulfonamides is 1. The maximum absolute atomic E-state index is 12.1. The minimum Gasteiger partial charge on any atom is -0.342 e. The van der Waals surface area contributed by atoms with Gasteiger partial charge in [-0.2, -0.15) is 0 Å². The Labute approximate surface area is 139 Å². The van der Waals surface area contributed by atoms with Gasteiger partial charge in [-0.25, -0.2) is 13.1 Å². The van der Waals surface area contributed by atoms with Crippen molar-refractivity contribution < 1.29 is 13.2 Å². The summed E-state index contributed by atoms with van der Waals surface area (Å²) < 4.78 is 26.3. The molecule has 0 bridgehead atoms. The monoisotopic (exact) mass is 338 g/mol. The number of amides is 1. The first-order valence-electron chi connectivity index (χ1n) is 8.29. The van der Waals surface area contributed by atoms with E-state index in [0.29, 0.717) is 32.5 Å². The van der Waals surface area contributed by atoms with Crippen molar-refractivity contribution in [3.8, 4) is 0 Å². The lowest BCUT2D eigenvalue weighted by Gasteiger charge is -2.17. The van der Waals surface area contributed by atoms with E-state index in [0.717, 1.165) is 12.8 Å². The van der Waals surface area contributed by atoms with Crippen molar-refractivity contribution in [2.45, 2.75) is 32.6 Å². The fourth-order valence-electron chi connectivity index (χ4n) is 2.77. The number of rotatable bonds is 9. The molecule has 1 aromatic carbocycles. The molecule has 128 valence electrons. The number of hydrogen-bond donors (Lipinski definition) is 1. The molecule has 0 spiro atoms. The van der Waals surface area contributed by atoms with Crippen molar-refractivity contribution >= 4 is 15.9 Å². The lowest BCUT2D eigenvalue weighted by atomic mass is 10.1. The minimum atomic E-state index is -3.20. The lowest BCUT2D eigenvalue weighted by Crippen LogP contribution is -2.33. The van der Waals surface area contributed by atoms with Crippen LogP contribution in [-0.4, -0.2) is 44.6 Å². The first-order chi connectivity index (χ1) is 11.0. The molecule has 1 aliphatic heterocycles. The predicted octanol–water partition coefficient (Wildman–Crippen LogP) is 1.80. The van der Waals surface area contributed by atoms with E-state index in [1.54, 1.807) is 0 Å². The van der Waals surface area contributed by atoms with Gasteiger partial charge in [0, 0.05) is 26.1 Å². The topological polar surface area (TPSA) is 66.5 Å². The zero-order valence-electron chi connectivity index (χ0n) is 13.7. The molecule has 2 rings (SSSR count). The third-order valence-corrected chi connectivity index (χ3v) is 5.60. The van der Waals surface area contributed by atoms with Gasteiger partial charge in [0.25, 0.3) is 0 Å². The zero-order chi connectivity index (χ0) is 16.7. The summed E-state index contributed by atoms with van der Waals surface area (Å²) in [5.74, 6) is 0.371. The van der Waals surface area contributed by atoms with Crippen LogP contribution >= 0.6 is 0 Å². The number of benzene rings is 1. The number of unbranched alkanes of at least 4 members (excludes halogenated alkanes) is 1. The van der Waals surface area contributed by atoms with E-state index in [4.69, 9.17) is 0 Å². The predicted molar refractivity (Wildman–Crippen MR) is 91.5 cm³/mol. The van der Waals surface area contributed by atoms with Crippen molar-refractivity contribution in [2.24, 2.45) is 5.92 Å². The molecular formula is C17H26N2O3S. The third-order valence-electron chi connectivity index (χ3n) is 4.17. The van der Waals surface area contributed by atoms with Crippen molar-refractivity contribution in [3.63, 3.8) is 0 Å². The minimum absolute atomic E-state index is 0.0784. The van der Waals surface area contributed by atoms with Gasteiger partial charge < -0.3 is 4.90 Å². The fourth-order valence-corrected chi connectivity index (χ4v) is 4.07. The van der Waals surface area contributed by atoms with Gasteiger partial charge in [-0.15, -0.1) is 0 Å². The average molecular weight is 338 g/mol. The van der Waals surface area contributed by atoms with Crippen LogP contribution < -0.4 is 4.72 Å². The number of carbonyl (C=O) groups excluding carboxylic acids is 1. The Bertz CT molecular complexity index is 602. The number of likely N-dealkylation sites (tertiary alicyclic amines) is 1. The van der Waals surface area contributed by atoms with E-state index in [-0.39, 0.29) is 17.6 Å². The second kappa shape index (κ2) is 8.45. The molecule has 1 unspecified atom stereocenters. The van der Waals surface area contributed by atoms with Crippen LogP contribution in [0.2, 0.25) is 0 Å². The molecule has 23 heavy (non-hydrogen) atoms. The van der Waals surface area contributed by atoms with Crippen molar-refractivity contribution in [1.82, 2.24) is 9.62 Å². The van der Waals surface area contributed by atoms with Crippen molar-refractivity contribution in [1.29, 1.82) is 0 Å². The maximum Gasteiger partial charge on any atom is 0.222 e. The Balaban J connectivity index is 1.76. The molecule has 1 saturated heterocycles. The fraction of sp³-hybridized carbons (Fsp3) is 0.588. The highest BCUT2D eigenvalue weighted by molar-refractivity contribution is 7.89. The quantitative estimate of drug-likeness (QED) is 0.746. The summed E-state index contributed by atoms with van der Waals surface area (Å²) in [6.45, 7) is 3.67. The molecule has 0 aromatic heterocycles. The molecule has 1 aliphatic rings. The molecule has 1 heterocycles. The highest BCUT2D eigenvalue weighted by Gasteiger charge is 2.29. The summed E-state index contributed by atoms with van der Waals surface area (Å²) >= 11 is 0. The Morgan fingerprint density at radius 2 is 2.00 bits per heavy atom. The standard InChI is InChI=1S/C17H26N2O3S/c1-2-3-11-23(21,22)18-13-16-12-17(20)19(14-16)10-9-15-7-5-4-6-8-15/h4-8,16,18H,2-3,9-14H2,1H3. The third kappa shape index (κ3) is 5.95. The van der Waals surface area contributed by atoms with Crippen LogP contribution in [0.15, 0.2) is 30.3 Å². The summed E-state index contributed by atoms with van der Waals surface area (Å²) in [7, 11) is -3.20. The van der Waals surface area contributed by atoms with E-state index in [2.05, 4.69) is 16.9 Å². The molecule has 0 saturated carbocycles. The highest BCUT2D eigenvalue weighted by Crippen LogP contribution is 2.18. The highest BCUT2D eigenvalue weighted by atomic mass is 32.2. The van der Waals surface area contributed by atoms with Crippen LogP contribution in [0, 0.1) is 5.92 Å². The van der Waals surface area contributed by atoms with Crippen LogP contribution in [0.3, 0.4) is 0 Å². The Kier molecular flexibility index (Phi) is 6.59. The van der Waals surface area contributed by atoms with Gasteiger partial charge in [-0.3, -0.25) is 4.79 Å². The van der Waals surface area contributed by atoms with Gasteiger partial charge in [0.15, 0.2) is 0 Å². The molecule has 0 radical (unpaired) electrons. The Morgan fingerprint density at radius 3 is 2.70 bits per heavy atom. The largest absolute Gasteiger partial charge is 0.342 e. The van der Waals surface area contributed by atoms with E-state index in [1.165, 1.54) is 5.56 Å². The summed E-state index contributed by atoms with van der Waals surface area (Å²) in [5, 5.41) is 0. The van der Waals surface area contributed by atoms with Gasteiger partial charge in [0.2, 0.25) is 15.9 Å². The van der Waals surface area contributed by atoms with E-state index in [1.807, 2.05) is 30.0 Å². The lowest BCUT2D eigenvalue weighted by molar-refractivity contribution is -0.127. The molecule has 1 amide bonds. The van der Waals surface area contributed by atoms with E-state index in [9.17, 15) is 13.2 Å². The summed E-state index contributed by atoms with van der Waals surface area (Å²) in [4.78, 5) is 13.9. The molecule has 0 aliphatic carbocycles. The molecule has 5 nitrogen and oxygen atoms in total. The van der Waals surface area contributed by atoms with Gasteiger partial charge in [-0.05, 0) is 24.3 Å². The van der Waals surface area contributed by atoms with Gasteiger partial charge in [0.05, 0.1) is 5.75 Å². The number of carbonyl (C=O) groups is 1. The first kappa shape index (κ1) is 17.9. The van der Waals surface area contributed by atoms with E-state index < -0.39 is 10.0 Å². The molecule has 6 heteroatoms. The second-order valence-electron chi connectivity index (χ2n) is 6.17. The maximum atomic E-state index is 12.1. The average Bonchev–Trinajstić information content (AvgIpc) is 2.90. The van der Waals surface area contributed by atoms with Gasteiger partial charge >= 0.3 is 0 Å². The SMILES string of the molecule is CCCCS(=O)(=O)NCC1CC(=O)N(CCc2ccccc2)C1. The molecular weight excluding hydrogens is 312 g/mol. The Hall–Kier alpha value is -1.40. The van der Waals surface area contributed by atoms with Crippen LogP contribution in [0.4, 0.5) is 0 Å². The summed E-state index contributed by atoms with van der Waals surface area (Å²) in [6, 6.07) is 10.1. The first-order valence-corrected chi connectivity index (χ1v) is 9.94. The molecule has 1 N–H and O–H groups in total. The van der Waals surface area contributed by atoms with E-state index >= 15 is 0 Å². The summed E-state index contributed by atoms with van der Waals surface area (Å²) in [6.07, 6.45) is 2.80. The van der Waals surface area contributed by atoms with Crippen LogP contribution in [-0.2, 0) is 21.2 Å². The van der Waals surface area contributed by atoms with Crippen molar-refractivity contribution in [2.75, 3.05) is 25.4 Å². The van der Waals surface area contributed by atoms with Crippen LogP contribution in [0.5, 0.6) is 0 Å². The van der Waals surface area contributed by atoms with Gasteiger partial charge in [-0.1, -0.05) is 43.7 Å². The second-order valence-corrected chi connectivity index (χ2v) is 8.09.